The van der Waals surface area contributed by atoms with Crippen LogP contribution in [0.5, 0.6) is 0 Å². The highest BCUT2D eigenvalue weighted by Gasteiger charge is 2.49. The zero-order valence-corrected chi connectivity index (χ0v) is 10.5. The molecule has 0 bridgehead atoms. The molecule has 1 saturated carbocycles. The zero-order chi connectivity index (χ0) is 10.6. The van der Waals surface area contributed by atoms with Gasteiger partial charge in [0.25, 0.3) is 0 Å². The number of allylic oxidation sites excluding steroid dienone is 3. The van der Waals surface area contributed by atoms with Crippen molar-refractivity contribution in [3.05, 3.63) is 23.1 Å². The maximum atomic E-state index is 12.2. The number of hydrogen-bond acceptors (Lipinski definition) is 2. The fourth-order valence-corrected chi connectivity index (χ4v) is 5.16. The molecule has 2 fully saturated rings. The van der Waals surface area contributed by atoms with Crippen molar-refractivity contribution in [3.63, 3.8) is 0 Å². The smallest absolute Gasteiger partial charge is 0.207 e. The Balaban J connectivity index is 2.03. The van der Waals surface area contributed by atoms with Gasteiger partial charge in [0.15, 0.2) is 0 Å². The summed E-state index contributed by atoms with van der Waals surface area (Å²) < 4.78 is 26.0. The monoisotopic (exact) mass is 289 g/mol. The molecular weight excluding hydrogens is 278 g/mol. The van der Waals surface area contributed by atoms with Crippen molar-refractivity contribution in [3.8, 4) is 0 Å². The van der Waals surface area contributed by atoms with Crippen LogP contribution in [0.3, 0.4) is 0 Å². The van der Waals surface area contributed by atoms with Crippen LogP contribution in [0.15, 0.2) is 23.1 Å². The van der Waals surface area contributed by atoms with Crippen molar-refractivity contribution >= 4 is 26.0 Å². The average Bonchev–Trinajstić information content (AvgIpc) is 2.95. The molecule has 3 nitrogen and oxygen atoms in total. The summed E-state index contributed by atoms with van der Waals surface area (Å²) in [5.74, 6) is 0.112. The van der Waals surface area contributed by atoms with E-state index in [1.165, 1.54) is 0 Å². The summed E-state index contributed by atoms with van der Waals surface area (Å²) >= 11 is 3.53. The van der Waals surface area contributed by atoms with Crippen LogP contribution < -0.4 is 0 Å². The first kappa shape index (κ1) is 10.1. The van der Waals surface area contributed by atoms with Crippen molar-refractivity contribution < 1.29 is 8.42 Å². The Morgan fingerprint density at radius 3 is 2.73 bits per heavy atom. The number of alkyl halides is 1. The van der Waals surface area contributed by atoms with E-state index in [0.717, 1.165) is 12.8 Å². The van der Waals surface area contributed by atoms with Crippen molar-refractivity contribution in [1.29, 1.82) is 0 Å². The first-order valence-electron chi connectivity index (χ1n) is 5.15. The van der Waals surface area contributed by atoms with E-state index >= 15 is 0 Å². The number of hydrogen-bond donors (Lipinski definition) is 0. The second-order valence-corrected chi connectivity index (χ2v) is 7.26. The van der Waals surface area contributed by atoms with Crippen LogP contribution in [-0.2, 0) is 10.0 Å². The van der Waals surface area contributed by atoms with Crippen molar-refractivity contribution in [2.24, 2.45) is 5.92 Å². The highest BCUT2D eigenvalue weighted by Crippen LogP contribution is 2.43. The van der Waals surface area contributed by atoms with Crippen LogP contribution in [0.4, 0.5) is 0 Å². The maximum absolute atomic E-state index is 12.2. The number of fused-ring (bicyclic) bond motifs is 1. The lowest BCUT2D eigenvalue weighted by Crippen LogP contribution is -2.28. The van der Waals surface area contributed by atoms with Gasteiger partial charge in [0.2, 0.25) is 10.0 Å². The summed E-state index contributed by atoms with van der Waals surface area (Å²) in [7, 11) is -3.14. The molecule has 2 atom stereocenters. The number of nitrogens with zero attached hydrogens (tertiary/aromatic N) is 1. The first-order valence-corrected chi connectivity index (χ1v) is 7.50. The molecule has 0 amide bonds. The van der Waals surface area contributed by atoms with E-state index in [9.17, 15) is 8.42 Å². The summed E-state index contributed by atoms with van der Waals surface area (Å²) in [6.07, 6.45) is 7.65. The van der Waals surface area contributed by atoms with Gasteiger partial charge < -0.3 is 0 Å². The summed E-state index contributed by atoms with van der Waals surface area (Å²) in [6, 6.07) is 0.279. The Morgan fingerprint density at radius 2 is 2.13 bits per heavy atom. The van der Waals surface area contributed by atoms with E-state index in [4.69, 9.17) is 0 Å². The molecule has 0 aromatic heterocycles. The molecule has 82 valence electrons. The molecule has 1 saturated heterocycles. The Morgan fingerprint density at radius 1 is 1.40 bits per heavy atom. The third-order valence-electron chi connectivity index (χ3n) is 3.24. The third-order valence-corrected chi connectivity index (χ3v) is 6.29. The average molecular weight is 290 g/mol. The Hall–Kier alpha value is -0.130. The Kier molecular flexibility index (Phi) is 2.13. The molecule has 3 aliphatic rings. The van der Waals surface area contributed by atoms with Crippen LogP contribution in [-0.4, -0.2) is 30.1 Å². The predicted molar refractivity (Wildman–Crippen MR) is 62.1 cm³/mol. The van der Waals surface area contributed by atoms with Gasteiger partial charge in [0.1, 0.15) is 0 Å². The van der Waals surface area contributed by atoms with Gasteiger partial charge in [0.05, 0.1) is 4.91 Å². The molecule has 0 aromatic rings. The van der Waals surface area contributed by atoms with E-state index in [0.29, 0.717) is 11.4 Å². The highest BCUT2D eigenvalue weighted by molar-refractivity contribution is 9.09. The quantitative estimate of drug-likeness (QED) is 0.688. The van der Waals surface area contributed by atoms with Crippen LogP contribution in [0.25, 0.3) is 0 Å². The highest BCUT2D eigenvalue weighted by atomic mass is 79.9. The SMILES string of the molecule is O=S1(=O)C2=CC=CC(Br)C2CN1C1CC1. The van der Waals surface area contributed by atoms with E-state index in [1.807, 2.05) is 12.2 Å². The summed E-state index contributed by atoms with van der Waals surface area (Å²) in [5.41, 5.74) is 0. The van der Waals surface area contributed by atoms with Crippen LogP contribution in [0.1, 0.15) is 12.8 Å². The molecule has 0 aromatic carbocycles. The number of sulfonamides is 1. The Labute approximate surface area is 98.0 Å². The zero-order valence-electron chi connectivity index (χ0n) is 8.14. The van der Waals surface area contributed by atoms with Gasteiger partial charge in [-0.15, -0.1) is 0 Å². The molecule has 0 N–H and O–H groups in total. The van der Waals surface area contributed by atoms with Crippen molar-refractivity contribution in [1.82, 2.24) is 4.31 Å². The van der Waals surface area contributed by atoms with Gasteiger partial charge in [-0.1, -0.05) is 28.1 Å². The standard InChI is InChI=1S/C10H12BrNO2S/c11-9-2-1-3-10-8(9)6-12(7-4-5-7)15(10,13)14/h1-3,7-9H,4-6H2. The lowest BCUT2D eigenvalue weighted by molar-refractivity contribution is 0.403. The minimum Gasteiger partial charge on any atom is -0.207 e. The van der Waals surface area contributed by atoms with Gasteiger partial charge in [-0.3, -0.25) is 0 Å². The molecule has 3 rings (SSSR count). The van der Waals surface area contributed by atoms with Crippen LogP contribution in [0.2, 0.25) is 0 Å². The summed E-state index contributed by atoms with van der Waals surface area (Å²) in [4.78, 5) is 0.759. The molecule has 2 aliphatic carbocycles. The molecule has 0 spiro atoms. The number of halogens is 1. The second-order valence-electron chi connectivity index (χ2n) is 4.31. The van der Waals surface area contributed by atoms with E-state index in [1.54, 1.807) is 10.4 Å². The minimum absolute atomic E-state index is 0.112. The Bertz CT molecular complexity index is 450. The van der Waals surface area contributed by atoms with E-state index < -0.39 is 10.0 Å². The van der Waals surface area contributed by atoms with Crippen molar-refractivity contribution in [2.45, 2.75) is 23.7 Å². The third kappa shape index (κ3) is 1.44. The fraction of sp³-hybridized carbons (Fsp3) is 0.600. The van der Waals surface area contributed by atoms with Crippen LogP contribution >= 0.6 is 15.9 Å². The summed E-state index contributed by atoms with van der Waals surface area (Å²) in [6.45, 7) is 0.652. The molecule has 15 heavy (non-hydrogen) atoms. The van der Waals surface area contributed by atoms with E-state index in [-0.39, 0.29) is 16.8 Å². The summed E-state index contributed by atoms with van der Waals surface area (Å²) in [5, 5.41) is 0. The molecule has 0 radical (unpaired) electrons. The lowest BCUT2D eigenvalue weighted by atomic mass is 10.0. The predicted octanol–water partition coefficient (Wildman–Crippen LogP) is 1.63. The maximum Gasteiger partial charge on any atom is 0.239 e. The molecule has 2 unspecified atom stereocenters. The van der Waals surface area contributed by atoms with Gasteiger partial charge in [0, 0.05) is 23.3 Å². The van der Waals surface area contributed by atoms with Crippen LogP contribution in [0, 0.1) is 5.92 Å². The van der Waals surface area contributed by atoms with Gasteiger partial charge in [-0.2, -0.15) is 4.31 Å². The lowest BCUT2D eigenvalue weighted by Gasteiger charge is -2.15. The molecule has 1 heterocycles. The fourth-order valence-electron chi connectivity index (χ4n) is 2.27. The molecule has 5 heteroatoms. The van der Waals surface area contributed by atoms with Gasteiger partial charge >= 0.3 is 0 Å². The topological polar surface area (TPSA) is 37.4 Å². The number of rotatable bonds is 1. The first-order chi connectivity index (χ1) is 7.10. The van der Waals surface area contributed by atoms with Crippen molar-refractivity contribution in [2.75, 3.05) is 6.54 Å². The molecular formula is C10H12BrNO2S. The van der Waals surface area contributed by atoms with E-state index in [2.05, 4.69) is 15.9 Å². The minimum atomic E-state index is -3.14. The molecule has 1 aliphatic heterocycles. The second kappa shape index (κ2) is 3.18. The van der Waals surface area contributed by atoms with Gasteiger partial charge in [-0.25, -0.2) is 8.42 Å². The normalized spacial score (nSPS) is 38.9. The largest absolute Gasteiger partial charge is 0.239 e. The van der Waals surface area contributed by atoms with Gasteiger partial charge in [-0.05, 0) is 18.9 Å².